The van der Waals surface area contributed by atoms with Crippen molar-refractivity contribution in [2.75, 3.05) is 18.6 Å². The maximum absolute atomic E-state index is 11.2. The molecule has 3 N–H and O–H groups in total. The van der Waals surface area contributed by atoms with Crippen molar-refractivity contribution in [2.45, 2.75) is 19.9 Å². The van der Waals surface area contributed by atoms with Crippen molar-refractivity contribution >= 4 is 15.7 Å². The maximum atomic E-state index is 11.2. The Morgan fingerprint density at radius 3 is 2.29 bits per heavy atom. The van der Waals surface area contributed by atoms with Gasteiger partial charge < -0.3 is 11.1 Å². The van der Waals surface area contributed by atoms with Gasteiger partial charge in [-0.3, -0.25) is 4.79 Å². The summed E-state index contributed by atoms with van der Waals surface area (Å²) in [5.74, 6) is -0.305. The lowest BCUT2D eigenvalue weighted by atomic mass is 10.1. The number of nitrogens with one attached hydrogen (secondary N) is 1. The maximum Gasteiger partial charge on any atom is 0.237 e. The normalized spacial score (nSPS) is 14.1. The largest absolute Gasteiger partial charge is 0.354 e. The lowest BCUT2D eigenvalue weighted by molar-refractivity contribution is -0.123. The molecule has 0 bridgehead atoms. The molecule has 1 atom stereocenters. The first-order valence-corrected chi connectivity index (χ1v) is 6.51. The van der Waals surface area contributed by atoms with Crippen molar-refractivity contribution in [3.63, 3.8) is 0 Å². The predicted octanol–water partition coefficient (Wildman–Crippen LogP) is -0.869. The molecule has 0 aromatic carbocycles. The first-order chi connectivity index (χ1) is 6.24. The number of carbonyl (C=O) groups is 1. The van der Waals surface area contributed by atoms with Gasteiger partial charge in [0.15, 0.2) is 0 Å². The third-order valence-corrected chi connectivity index (χ3v) is 2.74. The molecule has 0 aliphatic heterocycles. The molecule has 0 saturated carbocycles. The number of amides is 1. The molecule has 0 aliphatic carbocycles. The second kappa shape index (κ2) is 5.31. The number of rotatable bonds is 5. The SMILES string of the molecule is CC(C)C(N)C(=O)NCCS(C)(=O)=O. The first-order valence-electron chi connectivity index (χ1n) is 4.45. The van der Waals surface area contributed by atoms with Crippen LogP contribution >= 0.6 is 0 Å². The van der Waals surface area contributed by atoms with E-state index < -0.39 is 15.9 Å². The Hall–Kier alpha value is -0.620. The molecule has 0 aliphatic rings. The van der Waals surface area contributed by atoms with E-state index >= 15 is 0 Å². The molecule has 14 heavy (non-hydrogen) atoms. The van der Waals surface area contributed by atoms with E-state index in [0.717, 1.165) is 6.26 Å². The zero-order valence-corrected chi connectivity index (χ0v) is 9.60. The van der Waals surface area contributed by atoms with Gasteiger partial charge in [0, 0.05) is 12.8 Å². The van der Waals surface area contributed by atoms with E-state index in [2.05, 4.69) is 5.32 Å². The third kappa shape index (κ3) is 5.93. The molecule has 0 aromatic heterocycles. The van der Waals surface area contributed by atoms with Crippen molar-refractivity contribution < 1.29 is 13.2 Å². The van der Waals surface area contributed by atoms with Crippen LogP contribution in [0.1, 0.15) is 13.8 Å². The Labute approximate surface area is 85.0 Å². The van der Waals surface area contributed by atoms with Gasteiger partial charge in [-0.15, -0.1) is 0 Å². The number of hydrogen-bond donors (Lipinski definition) is 2. The lowest BCUT2D eigenvalue weighted by Crippen LogP contribution is -2.45. The molecule has 0 aromatic rings. The fourth-order valence-corrected chi connectivity index (χ4v) is 1.25. The van der Waals surface area contributed by atoms with Crippen LogP contribution in [-0.2, 0) is 14.6 Å². The van der Waals surface area contributed by atoms with Crippen LogP contribution in [0.15, 0.2) is 0 Å². The fraction of sp³-hybridized carbons (Fsp3) is 0.875. The highest BCUT2D eigenvalue weighted by atomic mass is 32.2. The minimum absolute atomic E-state index is 0.0493. The number of nitrogens with two attached hydrogens (primary N) is 1. The highest BCUT2D eigenvalue weighted by molar-refractivity contribution is 7.90. The first kappa shape index (κ1) is 13.4. The van der Waals surface area contributed by atoms with Crippen LogP contribution in [0.25, 0.3) is 0 Å². The Morgan fingerprint density at radius 2 is 1.93 bits per heavy atom. The van der Waals surface area contributed by atoms with E-state index in [1.165, 1.54) is 0 Å². The molecule has 0 saturated heterocycles. The summed E-state index contributed by atoms with van der Waals surface area (Å²) < 4.78 is 21.5. The van der Waals surface area contributed by atoms with Gasteiger partial charge in [-0.1, -0.05) is 13.8 Å². The quantitative estimate of drug-likeness (QED) is 0.633. The number of sulfone groups is 1. The third-order valence-electron chi connectivity index (χ3n) is 1.79. The van der Waals surface area contributed by atoms with Crippen LogP contribution < -0.4 is 11.1 Å². The summed E-state index contributed by atoms with van der Waals surface area (Å²) >= 11 is 0. The van der Waals surface area contributed by atoms with Crippen LogP contribution in [0.4, 0.5) is 0 Å². The van der Waals surface area contributed by atoms with Crippen molar-refractivity contribution in [1.82, 2.24) is 5.32 Å². The van der Waals surface area contributed by atoms with Gasteiger partial charge in [-0.2, -0.15) is 0 Å². The molecular formula is C8H18N2O3S. The Morgan fingerprint density at radius 1 is 1.43 bits per heavy atom. The smallest absolute Gasteiger partial charge is 0.237 e. The minimum atomic E-state index is -3.02. The van der Waals surface area contributed by atoms with Gasteiger partial charge in [0.1, 0.15) is 9.84 Å². The van der Waals surface area contributed by atoms with Gasteiger partial charge in [0.05, 0.1) is 11.8 Å². The standard InChI is InChI=1S/C8H18N2O3S/c1-6(2)7(9)8(11)10-4-5-14(3,12)13/h6-7H,4-5,9H2,1-3H3,(H,10,11). The van der Waals surface area contributed by atoms with Crippen LogP contribution in [-0.4, -0.2) is 38.9 Å². The summed E-state index contributed by atoms with van der Waals surface area (Å²) in [5, 5.41) is 2.48. The Balaban J connectivity index is 3.87. The number of carbonyl (C=O) groups excluding carboxylic acids is 1. The van der Waals surface area contributed by atoms with Crippen molar-refractivity contribution in [1.29, 1.82) is 0 Å². The average Bonchev–Trinajstić information content (AvgIpc) is 2.00. The summed E-state index contributed by atoms with van der Waals surface area (Å²) in [7, 11) is -3.02. The van der Waals surface area contributed by atoms with E-state index in [9.17, 15) is 13.2 Å². The molecule has 0 rings (SSSR count). The van der Waals surface area contributed by atoms with Gasteiger partial charge >= 0.3 is 0 Å². The lowest BCUT2D eigenvalue weighted by Gasteiger charge is -2.14. The summed E-state index contributed by atoms with van der Waals surface area (Å²) in [5.41, 5.74) is 5.55. The van der Waals surface area contributed by atoms with Crippen LogP contribution in [0.3, 0.4) is 0 Å². The monoisotopic (exact) mass is 222 g/mol. The molecule has 84 valence electrons. The summed E-state index contributed by atoms with van der Waals surface area (Å²) in [4.78, 5) is 11.2. The average molecular weight is 222 g/mol. The summed E-state index contributed by atoms with van der Waals surface area (Å²) in [6.07, 6.45) is 1.13. The molecule has 1 amide bonds. The summed E-state index contributed by atoms with van der Waals surface area (Å²) in [6, 6.07) is -0.574. The zero-order valence-electron chi connectivity index (χ0n) is 8.78. The molecule has 0 heterocycles. The molecule has 6 heteroatoms. The van der Waals surface area contributed by atoms with E-state index in [1.54, 1.807) is 0 Å². The van der Waals surface area contributed by atoms with E-state index in [1.807, 2.05) is 13.8 Å². The molecule has 0 radical (unpaired) electrons. The molecule has 5 nitrogen and oxygen atoms in total. The van der Waals surface area contributed by atoms with Crippen molar-refractivity contribution in [2.24, 2.45) is 11.7 Å². The Kier molecular flexibility index (Phi) is 5.07. The molecule has 0 fully saturated rings. The van der Waals surface area contributed by atoms with E-state index in [4.69, 9.17) is 5.73 Å². The zero-order chi connectivity index (χ0) is 11.4. The van der Waals surface area contributed by atoms with Gasteiger partial charge in [0.25, 0.3) is 0 Å². The molecule has 1 unspecified atom stereocenters. The second-order valence-electron chi connectivity index (χ2n) is 3.69. The topological polar surface area (TPSA) is 89.3 Å². The summed E-state index contributed by atoms with van der Waals surface area (Å²) in [6.45, 7) is 3.79. The van der Waals surface area contributed by atoms with E-state index in [0.29, 0.717) is 0 Å². The van der Waals surface area contributed by atoms with Gasteiger partial charge in [0.2, 0.25) is 5.91 Å². The number of hydrogen-bond acceptors (Lipinski definition) is 4. The van der Waals surface area contributed by atoms with E-state index in [-0.39, 0.29) is 24.1 Å². The highest BCUT2D eigenvalue weighted by Gasteiger charge is 2.16. The second-order valence-corrected chi connectivity index (χ2v) is 5.95. The van der Waals surface area contributed by atoms with Crippen molar-refractivity contribution in [3.8, 4) is 0 Å². The van der Waals surface area contributed by atoms with Crippen LogP contribution in [0.2, 0.25) is 0 Å². The van der Waals surface area contributed by atoms with Crippen LogP contribution in [0.5, 0.6) is 0 Å². The molecule has 0 spiro atoms. The van der Waals surface area contributed by atoms with Crippen LogP contribution in [0, 0.1) is 5.92 Å². The Bertz CT molecular complexity index is 285. The molecular weight excluding hydrogens is 204 g/mol. The highest BCUT2D eigenvalue weighted by Crippen LogP contribution is 1.97. The fourth-order valence-electron chi connectivity index (χ4n) is 0.780. The predicted molar refractivity (Wildman–Crippen MR) is 55.5 cm³/mol. The minimum Gasteiger partial charge on any atom is -0.354 e. The van der Waals surface area contributed by atoms with Gasteiger partial charge in [-0.05, 0) is 5.92 Å². The van der Waals surface area contributed by atoms with Gasteiger partial charge in [-0.25, -0.2) is 8.42 Å². The van der Waals surface area contributed by atoms with Crippen molar-refractivity contribution in [3.05, 3.63) is 0 Å².